The second kappa shape index (κ2) is 8.54. The molecule has 1 atom stereocenters. The first-order valence-electron chi connectivity index (χ1n) is 7.14. The first-order chi connectivity index (χ1) is 10.3. The van der Waals surface area contributed by atoms with E-state index in [1.165, 1.54) is 0 Å². The lowest BCUT2D eigenvalue weighted by Crippen LogP contribution is -2.51. The van der Waals surface area contributed by atoms with Crippen molar-refractivity contribution in [3.05, 3.63) is 0 Å². The van der Waals surface area contributed by atoms with Crippen LogP contribution < -0.4 is 5.73 Å². The van der Waals surface area contributed by atoms with Gasteiger partial charge in [-0.15, -0.1) is 0 Å². The highest BCUT2D eigenvalue weighted by Crippen LogP contribution is 2.09. The van der Waals surface area contributed by atoms with E-state index in [1.807, 2.05) is 0 Å². The standard InChI is InChI=1S/C11H20N4O3.C2H4O2/c1-13-2-3-15(11(13)17)8-10(16)14-4-5-18-9(6-12)7-14;1-2(3)4/h9H,2-8,12H2,1H3;1H3,(H,3,4). The Morgan fingerprint density at radius 1 is 1.36 bits per heavy atom. The molecule has 3 amide bonds. The summed E-state index contributed by atoms with van der Waals surface area (Å²) in [6.45, 7) is 4.56. The Labute approximate surface area is 129 Å². The molecule has 0 bridgehead atoms. The van der Waals surface area contributed by atoms with Crippen LogP contribution in [0.25, 0.3) is 0 Å². The average molecular weight is 316 g/mol. The van der Waals surface area contributed by atoms with E-state index in [9.17, 15) is 9.59 Å². The van der Waals surface area contributed by atoms with Gasteiger partial charge in [-0.1, -0.05) is 0 Å². The zero-order valence-corrected chi connectivity index (χ0v) is 13.0. The first-order valence-corrected chi connectivity index (χ1v) is 7.14. The van der Waals surface area contributed by atoms with Crippen molar-refractivity contribution in [2.75, 3.05) is 52.9 Å². The van der Waals surface area contributed by atoms with Crippen LogP contribution in [0, 0.1) is 0 Å². The van der Waals surface area contributed by atoms with Crippen LogP contribution in [0.4, 0.5) is 4.79 Å². The van der Waals surface area contributed by atoms with Crippen molar-refractivity contribution in [1.29, 1.82) is 0 Å². The van der Waals surface area contributed by atoms with Gasteiger partial charge in [0.25, 0.3) is 5.97 Å². The van der Waals surface area contributed by atoms with E-state index in [1.54, 1.807) is 21.7 Å². The number of urea groups is 1. The molecule has 2 saturated heterocycles. The number of hydrogen-bond acceptors (Lipinski definition) is 5. The molecule has 0 aromatic carbocycles. The van der Waals surface area contributed by atoms with Gasteiger partial charge in [-0.05, 0) is 0 Å². The van der Waals surface area contributed by atoms with E-state index >= 15 is 0 Å². The summed E-state index contributed by atoms with van der Waals surface area (Å²) < 4.78 is 5.41. The Kier molecular flexibility index (Phi) is 7.06. The second-order valence-corrected chi connectivity index (χ2v) is 5.21. The first kappa shape index (κ1) is 18.2. The molecule has 2 aliphatic rings. The average Bonchev–Trinajstić information content (AvgIpc) is 2.79. The number of carbonyl (C=O) groups excluding carboxylic acids is 2. The Morgan fingerprint density at radius 3 is 2.50 bits per heavy atom. The molecule has 9 nitrogen and oxygen atoms in total. The number of carbonyl (C=O) groups is 3. The highest BCUT2D eigenvalue weighted by molar-refractivity contribution is 5.85. The summed E-state index contributed by atoms with van der Waals surface area (Å²) in [5, 5.41) is 7.42. The van der Waals surface area contributed by atoms with Crippen LogP contribution >= 0.6 is 0 Å². The fourth-order valence-corrected chi connectivity index (χ4v) is 2.20. The van der Waals surface area contributed by atoms with E-state index < -0.39 is 5.97 Å². The van der Waals surface area contributed by atoms with Crippen LogP contribution in [0.3, 0.4) is 0 Å². The van der Waals surface area contributed by atoms with Crippen LogP contribution in [0.15, 0.2) is 0 Å². The van der Waals surface area contributed by atoms with Crippen molar-refractivity contribution < 1.29 is 24.2 Å². The summed E-state index contributed by atoms with van der Waals surface area (Å²) in [5.41, 5.74) is 5.54. The van der Waals surface area contributed by atoms with Gasteiger partial charge in [-0.25, -0.2) is 4.79 Å². The van der Waals surface area contributed by atoms with E-state index in [0.717, 1.165) is 6.92 Å². The largest absolute Gasteiger partial charge is 0.481 e. The molecule has 0 aromatic rings. The molecule has 0 saturated carbocycles. The second-order valence-electron chi connectivity index (χ2n) is 5.21. The monoisotopic (exact) mass is 316 g/mol. The minimum Gasteiger partial charge on any atom is -0.481 e. The van der Waals surface area contributed by atoms with Gasteiger partial charge in [0.1, 0.15) is 6.54 Å². The van der Waals surface area contributed by atoms with Crippen molar-refractivity contribution in [3.63, 3.8) is 0 Å². The number of nitrogens with two attached hydrogens (primary N) is 1. The summed E-state index contributed by atoms with van der Waals surface area (Å²) in [7, 11) is 1.74. The molecule has 2 fully saturated rings. The van der Waals surface area contributed by atoms with E-state index in [2.05, 4.69) is 0 Å². The zero-order chi connectivity index (χ0) is 16.7. The number of nitrogens with zero attached hydrogens (tertiary/aromatic N) is 3. The smallest absolute Gasteiger partial charge is 0.320 e. The quantitative estimate of drug-likeness (QED) is 0.663. The number of aliphatic carboxylic acids is 1. The van der Waals surface area contributed by atoms with E-state index in [-0.39, 0.29) is 24.6 Å². The van der Waals surface area contributed by atoms with Gasteiger partial charge < -0.3 is 30.3 Å². The number of rotatable bonds is 3. The number of morpholine rings is 1. The summed E-state index contributed by atoms with van der Waals surface area (Å²) >= 11 is 0. The topological polar surface area (TPSA) is 116 Å². The molecule has 9 heteroatoms. The Balaban J connectivity index is 0.000000541. The van der Waals surface area contributed by atoms with Crippen LogP contribution in [-0.4, -0.2) is 96.7 Å². The Hall–Kier alpha value is -1.87. The maximum absolute atomic E-state index is 12.1. The fourth-order valence-electron chi connectivity index (χ4n) is 2.20. The third-order valence-corrected chi connectivity index (χ3v) is 3.38. The summed E-state index contributed by atoms with van der Waals surface area (Å²) in [5.74, 6) is -0.861. The van der Waals surface area contributed by atoms with Crippen molar-refractivity contribution in [2.24, 2.45) is 5.73 Å². The van der Waals surface area contributed by atoms with Gasteiger partial charge in [0.2, 0.25) is 5.91 Å². The van der Waals surface area contributed by atoms with Crippen molar-refractivity contribution >= 4 is 17.9 Å². The van der Waals surface area contributed by atoms with Crippen LogP contribution in [-0.2, 0) is 14.3 Å². The zero-order valence-electron chi connectivity index (χ0n) is 13.0. The SMILES string of the molecule is CC(=O)O.CN1CCN(CC(=O)N2CCOC(CN)C2)C1=O. The third kappa shape index (κ3) is 5.49. The van der Waals surface area contributed by atoms with Gasteiger partial charge in [-0.3, -0.25) is 9.59 Å². The lowest BCUT2D eigenvalue weighted by atomic mass is 10.2. The minimum atomic E-state index is -0.833. The molecule has 0 radical (unpaired) electrons. The number of hydrogen-bond donors (Lipinski definition) is 2. The number of carboxylic acid groups (broad SMARTS) is 1. The highest BCUT2D eigenvalue weighted by Gasteiger charge is 2.30. The van der Waals surface area contributed by atoms with Crippen LogP contribution in [0.2, 0.25) is 0 Å². The maximum atomic E-state index is 12.1. The van der Waals surface area contributed by atoms with Crippen LogP contribution in [0.1, 0.15) is 6.92 Å². The van der Waals surface area contributed by atoms with Crippen molar-refractivity contribution in [3.8, 4) is 0 Å². The van der Waals surface area contributed by atoms with Gasteiger partial charge in [-0.2, -0.15) is 0 Å². The number of carboxylic acids is 1. The van der Waals surface area contributed by atoms with E-state index in [4.69, 9.17) is 20.4 Å². The summed E-state index contributed by atoms with van der Waals surface area (Å²) in [6.07, 6.45) is -0.0837. The predicted octanol–water partition coefficient (Wildman–Crippen LogP) is -1.37. The number of ether oxygens (including phenoxy) is 1. The van der Waals surface area contributed by atoms with Crippen LogP contribution in [0.5, 0.6) is 0 Å². The van der Waals surface area contributed by atoms with Crippen molar-refractivity contribution in [1.82, 2.24) is 14.7 Å². The number of likely N-dealkylation sites (N-methyl/N-ethyl adjacent to an activating group) is 1. The fraction of sp³-hybridized carbons (Fsp3) is 0.769. The molecule has 2 aliphatic heterocycles. The minimum absolute atomic E-state index is 0.0274. The maximum Gasteiger partial charge on any atom is 0.320 e. The van der Waals surface area contributed by atoms with Gasteiger partial charge in [0, 0.05) is 46.7 Å². The molecular formula is C13H24N4O5. The third-order valence-electron chi connectivity index (χ3n) is 3.38. The van der Waals surface area contributed by atoms with Gasteiger partial charge in [0.15, 0.2) is 0 Å². The van der Waals surface area contributed by atoms with E-state index in [0.29, 0.717) is 39.3 Å². The van der Waals surface area contributed by atoms with Gasteiger partial charge in [0.05, 0.1) is 12.7 Å². The lowest BCUT2D eigenvalue weighted by Gasteiger charge is -2.33. The molecule has 0 aliphatic carbocycles. The molecule has 126 valence electrons. The van der Waals surface area contributed by atoms with Gasteiger partial charge >= 0.3 is 6.03 Å². The Morgan fingerprint density at radius 2 is 2.00 bits per heavy atom. The molecule has 1 unspecified atom stereocenters. The lowest BCUT2D eigenvalue weighted by molar-refractivity contribution is -0.138. The summed E-state index contributed by atoms with van der Waals surface area (Å²) in [6, 6.07) is -0.0769. The molecule has 0 aromatic heterocycles. The molecule has 2 heterocycles. The molecule has 22 heavy (non-hydrogen) atoms. The Bertz CT molecular complexity index is 413. The molecular weight excluding hydrogens is 292 g/mol. The van der Waals surface area contributed by atoms with Crippen molar-refractivity contribution in [2.45, 2.75) is 13.0 Å². The molecule has 0 spiro atoms. The highest BCUT2D eigenvalue weighted by atomic mass is 16.5. The number of amides is 3. The predicted molar refractivity (Wildman–Crippen MR) is 78.3 cm³/mol. The summed E-state index contributed by atoms with van der Waals surface area (Å²) in [4.78, 5) is 37.7. The molecule has 3 N–H and O–H groups in total. The molecule has 2 rings (SSSR count). The normalized spacial score (nSPS) is 21.5.